The highest BCUT2D eigenvalue weighted by Crippen LogP contribution is 2.10. The molecule has 0 spiro atoms. The van der Waals surface area contributed by atoms with Gasteiger partial charge in [0.2, 0.25) is 5.91 Å². The minimum Gasteiger partial charge on any atom is -0.508 e. The number of aromatic hydroxyl groups is 1. The molecule has 1 aromatic carbocycles. The molecule has 0 saturated heterocycles. The molecule has 1 heterocycles. The second-order valence-corrected chi connectivity index (χ2v) is 3.40. The van der Waals surface area contributed by atoms with Crippen LogP contribution in [-0.2, 0) is 4.79 Å². The average molecular weight is 229 g/mol. The van der Waals surface area contributed by atoms with Gasteiger partial charge in [-0.2, -0.15) is 5.10 Å². The molecule has 2 rings (SSSR count). The summed E-state index contributed by atoms with van der Waals surface area (Å²) in [7, 11) is 0. The smallest absolute Gasteiger partial charge is 0.248 e. The summed E-state index contributed by atoms with van der Waals surface area (Å²) in [6.07, 6.45) is 6.19. The fraction of sp³-hybridized carbons (Fsp3) is 0. The van der Waals surface area contributed by atoms with E-state index in [9.17, 15) is 4.79 Å². The minimum absolute atomic E-state index is 0.199. The van der Waals surface area contributed by atoms with Crippen LogP contribution in [0.4, 0.5) is 5.69 Å². The third-order valence-electron chi connectivity index (χ3n) is 2.09. The van der Waals surface area contributed by atoms with Gasteiger partial charge >= 0.3 is 0 Å². The first-order valence-corrected chi connectivity index (χ1v) is 5.01. The number of rotatable bonds is 3. The van der Waals surface area contributed by atoms with Crippen molar-refractivity contribution in [3.63, 3.8) is 0 Å². The summed E-state index contributed by atoms with van der Waals surface area (Å²) in [4.78, 5) is 11.5. The number of hydrogen-bond acceptors (Lipinski definition) is 3. The fourth-order valence-corrected chi connectivity index (χ4v) is 1.26. The molecule has 0 fully saturated rings. The lowest BCUT2D eigenvalue weighted by Gasteiger charge is -1.96. The van der Waals surface area contributed by atoms with Crippen LogP contribution in [0.25, 0.3) is 6.08 Å². The molecular weight excluding hydrogens is 218 g/mol. The van der Waals surface area contributed by atoms with Gasteiger partial charge in [0.1, 0.15) is 5.75 Å². The van der Waals surface area contributed by atoms with Crippen molar-refractivity contribution < 1.29 is 9.90 Å². The highest BCUT2D eigenvalue weighted by Gasteiger charge is 1.97. The third-order valence-corrected chi connectivity index (χ3v) is 2.09. The number of nitrogens with zero attached hydrogens (tertiary/aromatic N) is 1. The molecule has 2 aromatic rings. The second-order valence-electron chi connectivity index (χ2n) is 3.40. The molecule has 5 nitrogen and oxygen atoms in total. The summed E-state index contributed by atoms with van der Waals surface area (Å²) in [6.45, 7) is 0. The molecule has 0 atom stereocenters. The quantitative estimate of drug-likeness (QED) is 0.702. The van der Waals surface area contributed by atoms with Crippen LogP contribution in [0.5, 0.6) is 5.75 Å². The molecule has 1 aromatic heterocycles. The van der Waals surface area contributed by atoms with Gasteiger partial charge < -0.3 is 10.4 Å². The van der Waals surface area contributed by atoms with E-state index in [1.807, 2.05) is 0 Å². The molecule has 0 unspecified atom stereocenters. The highest BCUT2D eigenvalue weighted by molar-refractivity contribution is 6.01. The molecule has 86 valence electrons. The molecular formula is C12H11N3O2. The Kier molecular flexibility index (Phi) is 3.20. The van der Waals surface area contributed by atoms with Crippen molar-refractivity contribution in [2.75, 3.05) is 5.32 Å². The number of nitrogens with one attached hydrogen (secondary N) is 2. The summed E-state index contributed by atoms with van der Waals surface area (Å²) in [5.74, 6) is -0.0375. The number of phenolic OH excluding ortho intramolecular Hbond substituents is 1. The van der Waals surface area contributed by atoms with Crippen molar-refractivity contribution >= 4 is 17.7 Å². The lowest BCUT2D eigenvalue weighted by molar-refractivity contribution is -0.111. The molecule has 5 heteroatoms. The second kappa shape index (κ2) is 4.98. The lowest BCUT2D eigenvalue weighted by atomic mass is 10.2. The van der Waals surface area contributed by atoms with Gasteiger partial charge in [-0.25, -0.2) is 0 Å². The first kappa shape index (κ1) is 10.9. The number of anilines is 1. The zero-order valence-electron chi connectivity index (χ0n) is 8.92. The monoisotopic (exact) mass is 229 g/mol. The molecule has 0 saturated carbocycles. The maximum atomic E-state index is 11.5. The van der Waals surface area contributed by atoms with Gasteiger partial charge in [-0.05, 0) is 23.8 Å². The van der Waals surface area contributed by atoms with E-state index in [1.54, 1.807) is 36.5 Å². The molecule has 17 heavy (non-hydrogen) atoms. The number of H-pyrrole nitrogens is 1. The Morgan fingerprint density at radius 2 is 2.12 bits per heavy atom. The first-order valence-electron chi connectivity index (χ1n) is 5.01. The van der Waals surface area contributed by atoms with Crippen molar-refractivity contribution in [2.45, 2.75) is 0 Å². The Bertz CT molecular complexity index is 515. The van der Waals surface area contributed by atoms with Gasteiger partial charge in [0.05, 0.1) is 11.9 Å². The molecule has 1 amide bonds. The minimum atomic E-state index is -0.237. The van der Waals surface area contributed by atoms with Crippen LogP contribution >= 0.6 is 0 Å². The topological polar surface area (TPSA) is 78.0 Å². The van der Waals surface area contributed by atoms with E-state index >= 15 is 0 Å². The Morgan fingerprint density at radius 1 is 1.35 bits per heavy atom. The number of aromatic amines is 1. The van der Waals surface area contributed by atoms with E-state index in [-0.39, 0.29) is 11.7 Å². The van der Waals surface area contributed by atoms with Gasteiger partial charge in [0.15, 0.2) is 0 Å². The van der Waals surface area contributed by atoms with Crippen molar-refractivity contribution in [3.05, 3.63) is 48.3 Å². The predicted molar refractivity (Wildman–Crippen MR) is 64.4 cm³/mol. The molecule has 3 N–H and O–H groups in total. The van der Waals surface area contributed by atoms with Crippen molar-refractivity contribution in [2.24, 2.45) is 0 Å². The van der Waals surface area contributed by atoms with Crippen LogP contribution in [0.3, 0.4) is 0 Å². The van der Waals surface area contributed by atoms with Crippen molar-refractivity contribution in [1.82, 2.24) is 10.2 Å². The number of amides is 1. The average Bonchev–Trinajstić information content (AvgIpc) is 2.81. The largest absolute Gasteiger partial charge is 0.508 e. The zero-order valence-corrected chi connectivity index (χ0v) is 8.92. The zero-order chi connectivity index (χ0) is 12.1. The Hall–Kier alpha value is -2.56. The summed E-state index contributed by atoms with van der Waals surface area (Å²) >= 11 is 0. The highest BCUT2D eigenvalue weighted by atomic mass is 16.3. The van der Waals surface area contributed by atoms with Crippen LogP contribution < -0.4 is 5.32 Å². The molecule has 0 aliphatic rings. The standard InChI is InChI=1S/C12H11N3O2/c16-11-4-1-9(2-5-11)3-6-12(17)15-10-7-13-14-8-10/h1-8,16H,(H,13,14)(H,15,17)/b6-3+. The SMILES string of the molecule is O=C(/C=C/c1ccc(O)cc1)Nc1cn[nH]c1. The Balaban J connectivity index is 1.96. The first-order chi connectivity index (χ1) is 8.24. The van der Waals surface area contributed by atoms with Gasteiger partial charge in [-0.1, -0.05) is 12.1 Å². The van der Waals surface area contributed by atoms with Crippen LogP contribution in [0.2, 0.25) is 0 Å². The Labute approximate surface area is 97.8 Å². The van der Waals surface area contributed by atoms with E-state index in [0.717, 1.165) is 5.56 Å². The predicted octanol–water partition coefficient (Wildman–Crippen LogP) is 1.77. The van der Waals surface area contributed by atoms with Gasteiger partial charge in [0, 0.05) is 12.3 Å². The summed E-state index contributed by atoms with van der Waals surface area (Å²) in [5.41, 5.74) is 1.45. The summed E-state index contributed by atoms with van der Waals surface area (Å²) < 4.78 is 0. The van der Waals surface area contributed by atoms with Gasteiger partial charge in [-0.3, -0.25) is 9.89 Å². The molecule has 0 radical (unpaired) electrons. The van der Waals surface area contributed by atoms with Gasteiger partial charge in [-0.15, -0.1) is 0 Å². The lowest BCUT2D eigenvalue weighted by Crippen LogP contribution is -2.06. The number of carbonyl (C=O) groups is 1. The maximum absolute atomic E-state index is 11.5. The molecule has 0 aliphatic heterocycles. The van der Waals surface area contributed by atoms with E-state index < -0.39 is 0 Å². The van der Waals surface area contributed by atoms with Crippen LogP contribution in [0.15, 0.2) is 42.7 Å². The van der Waals surface area contributed by atoms with E-state index in [4.69, 9.17) is 5.11 Å². The number of aromatic nitrogens is 2. The maximum Gasteiger partial charge on any atom is 0.248 e. The Morgan fingerprint density at radius 3 is 2.76 bits per heavy atom. The number of phenols is 1. The summed E-state index contributed by atoms with van der Waals surface area (Å²) in [5, 5.41) is 18.0. The van der Waals surface area contributed by atoms with Crippen LogP contribution in [0.1, 0.15) is 5.56 Å². The van der Waals surface area contributed by atoms with Crippen LogP contribution in [0, 0.1) is 0 Å². The van der Waals surface area contributed by atoms with Gasteiger partial charge in [0.25, 0.3) is 0 Å². The normalized spacial score (nSPS) is 10.6. The van der Waals surface area contributed by atoms with Crippen molar-refractivity contribution in [3.8, 4) is 5.75 Å². The molecule has 0 bridgehead atoms. The number of benzene rings is 1. The van der Waals surface area contributed by atoms with Crippen molar-refractivity contribution in [1.29, 1.82) is 0 Å². The number of carbonyl (C=O) groups excluding carboxylic acids is 1. The van der Waals surface area contributed by atoms with E-state index in [2.05, 4.69) is 15.5 Å². The molecule has 0 aliphatic carbocycles. The summed E-state index contributed by atoms with van der Waals surface area (Å²) in [6, 6.07) is 6.56. The third kappa shape index (κ3) is 3.20. The fourth-order valence-electron chi connectivity index (χ4n) is 1.26. The van der Waals surface area contributed by atoms with E-state index in [1.165, 1.54) is 12.3 Å². The van der Waals surface area contributed by atoms with E-state index in [0.29, 0.717) is 5.69 Å². The number of hydrogen-bond donors (Lipinski definition) is 3. The van der Waals surface area contributed by atoms with Crippen LogP contribution in [-0.4, -0.2) is 21.2 Å².